The maximum Gasteiger partial charge on any atom is 0.177 e. The highest BCUT2D eigenvalue weighted by Crippen LogP contribution is 2.37. The fraction of sp³-hybridized carbons (Fsp3) is 0.333. The zero-order valence-corrected chi connectivity index (χ0v) is 13.8. The van der Waals surface area contributed by atoms with Crippen LogP contribution in [0, 0.1) is 5.41 Å². The number of hydrazone groups is 1. The van der Waals surface area contributed by atoms with E-state index in [1.807, 2.05) is 0 Å². The third-order valence-corrected chi connectivity index (χ3v) is 7.02. The summed E-state index contributed by atoms with van der Waals surface area (Å²) in [6.45, 7) is 0. The molecular formula is C12H11Cl2N3O2S2. The smallest absolute Gasteiger partial charge is 0.177 e. The number of thioether (sulfide) groups is 1. The molecule has 2 fully saturated rings. The number of rotatable bonds is 2. The lowest BCUT2D eigenvalue weighted by molar-refractivity contribution is 0.376. The van der Waals surface area contributed by atoms with E-state index >= 15 is 0 Å². The molecule has 9 heteroatoms. The van der Waals surface area contributed by atoms with Crippen molar-refractivity contribution >= 4 is 56.2 Å². The number of hydrogen-bond donors (Lipinski definition) is 1. The van der Waals surface area contributed by atoms with Crippen LogP contribution in [0.5, 0.6) is 0 Å². The molecule has 3 rings (SSSR count). The van der Waals surface area contributed by atoms with Gasteiger partial charge in [-0.3, -0.25) is 5.41 Å². The van der Waals surface area contributed by atoms with E-state index in [2.05, 4.69) is 5.10 Å². The summed E-state index contributed by atoms with van der Waals surface area (Å²) in [5.41, 5.74) is 0.670. The van der Waals surface area contributed by atoms with Crippen molar-refractivity contribution in [2.75, 3.05) is 11.5 Å². The van der Waals surface area contributed by atoms with Crippen LogP contribution in [0.15, 0.2) is 23.3 Å². The normalized spacial score (nSPS) is 27.5. The van der Waals surface area contributed by atoms with Crippen molar-refractivity contribution in [3.63, 3.8) is 0 Å². The van der Waals surface area contributed by atoms with Crippen molar-refractivity contribution in [1.82, 2.24) is 5.01 Å². The molecule has 1 aromatic carbocycles. The van der Waals surface area contributed by atoms with Crippen LogP contribution in [0.25, 0.3) is 0 Å². The van der Waals surface area contributed by atoms with Crippen LogP contribution < -0.4 is 0 Å². The molecule has 2 heterocycles. The fourth-order valence-electron chi connectivity index (χ4n) is 2.35. The van der Waals surface area contributed by atoms with Gasteiger partial charge in [0, 0.05) is 15.8 Å². The number of nitrogens with one attached hydrogen (secondary N) is 1. The van der Waals surface area contributed by atoms with Gasteiger partial charge in [-0.1, -0.05) is 41.0 Å². The van der Waals surface area contributed by atoms with Gasteiger partial charge in [-0.25, -0.2) is 13.4 Å². The lowest BCUT2D eigenvalue weighted by Gasteiger charge is -2.17. The van der Waals surface area contributed by atoms with Crippen LogP contribution in [0.4, 0.5) is 0 Å². The molecule has 1 aromatic rings. The lowest BCUT2D eigenvalue weighted by atomic mass is 10.2. The standard InChI is InChI=1S/C12H11Cl2N3O2S2/c13-8-2-1-7(9(14)3-8)4-16-17-10-5-21(18,19)6-11(10)20-12(17)15/h1-4,10-11,15H,5-6H2/b15-12?,16-4-/t10-,11+/m0/s1. The van der Waals surface area contributed by atoms with E-state index in [4.69, 9.17) is 28.6 Å². The highest BCUT2D eigenvalue weighted by atomic mass is 35.5. The first kappa shape index (κ1) is 15.1. The van der Waals surface area contributed by atoms with Crippen molar-refractivity contribution in [2.24, 2.45) is 5.10 Å². The third kappa shape index (κ3) is 3.06. The van der Waals surface area contributed by atoms with Gasteiger partial charge in [-0.2, -0.15) is 5.10 Å². The fourth-order valence-corrected chi connectivity index (χ4v) is 6.53. The second-order valence-electron chi connectivity index (χ2n) is 4.86. The predicted molar refractivity (Wildman–Crippen MR) is 87.4 cm³/mol. The first-order valence-electron chi connectivity index (χ1n) is 6.10. The van der Waals surface area contributed by atoms with Crippen LogP contribution in [0.2, 0.25) is 10.0 Å². The lowest BCUT2D eigenvalue weighted by Crippen LogP contribution is -2.32. The molecule has 2 aliphatic rings. The average molecular weight is 364 g/mol. The number of sulfone groups is 1. The Kier molecular flexibility index (Phi) is 3.94. The Bertz CT molecular complexity index is 736. The van der Waals surface area contributed by atoms with Gasteiger partial charge in [0.25, 0.3) is 0 Å². The highest BCUT2D eigenvalue weighted by molar-refractivity contribution is 8.15. The van der Waals surface area contributed by atoms with Crippen LogP contribution in [0.3, 0.4) is 0 Å². The van der Waals surface area contributed by atoms with Crippen molar-refractivity contribution in [3.8, 4) is 0 Å². The summed E-state index contributed by atoms with van der Waals surface area (Å²) < 4.78 is 23.3. The first-order valence-corrected chi connectivity index (χ1v) is 9.55. The van der Waals surface area contributed by atoms with E-state index < -0.39 is 9.84 Å². The van der Waals surface area contributed by atoms with E-state index in [0.29, 0.717) is 15.6 Å². The molecule has 0 saturated carbocycles. The monoisotopic (exact) mass is 363 g/mol. The summed E-state index contributed by atoms with van der Waals surface area (Å²) in [6, 6.07) is 4.76. The molecule has 0 spiro atoms. The van der Waals surface area contributed by atoms with E-state index in [-0.39, 0.29) is 28.0 Å². The molecule has 0 aliphatic carbocycles. The molecule has 0 aromatic heterocycles. The molecule has 0 amide bonds. The summed E-state index contributed by atoms with van der Waals surface area (Å²) in [5, 5.41) is 14.8. The van der Waals surface area contributed by atoms with Crippen LogP contribution in [-0.2, 0) is 9.84 Å². The van der Waals surface area contributed by atoms with Gasteiger partial charge >= 0.3 is 0 Å². The number of fused-ring (bicyclic) bond motifs is 1. The second-order valence-corrected chi connectivity index (χ2v) is 9.09. The Labute approximate surface area is 136 Å². The summed E-state index contributed by atoms with van der Waals surface area (Å²) in [6.07, 6.45) is 1.53. The highest BCUT2D eigenvalue weighted by Gasteiger charge is 2.48. The van der Waals surface area contributed by atoms with Gasteiger partial charge in [0.05, 0.1) is 28.8 Å². The van der Waals surface area contributed by atoms with Gasteiger partial charge in [0.15, 0.2) is 15.0 Å². The minimum absolute atomic E-state index is 0.0404. The van der Waals surface area contributed by atoms with E-state index in [0.717, 1.165) is 0 Å². The molecule has 2 saturated heterocycles. The molecule has 2 aliphatic heterocycles. The van der Waals surface area contributed by atoms with Crippen LogP contribution in [-0.4, -0.2) is 47.6 Å². The molecule has 21 heavy (non-hydrogen) atoms. The van der Waals surface area contributed by atoms with E-state index in [9.17, 15) is 8.42 Å². The quantitative estimate of drug-likeness (QED) is 0.819. The Hall–Kier alpha value is -0.760. The summed E-state index contributed by atoms with van der Waals surface area (Å²) in [5.74, 6) is 0.150. The van der Waals surface area contributed by atoms with E-state index in [1.165, 1.54) is 23.0 Å². The molecule has 0 radical (unpaired) electrons. The summed E-state index contributed by atoms with van der Waals surface area (Å²) in [7, 11) is -3.04. The Morgan fingerprint density at radius 1 is 1.38 bits per heavy atom. The minimum Gasteiger partial charge on any atom is -0.277 e. The average Bonchev–Trinajstić information content (AvgIpc) is 2.80. The molecule has 0 bridgehead atoms. The Morgan fingerprint density at radius 3 is 2.86 bits per heavy atom. The van der Waals surface area contributed by atoms with Crippen molar-refractivity contribution in [1.29, 1.82) is 5.41 Å². The van der Waals surface area contributed by atoms with Crippen LogP contribution in [0.1, 0.15) is 5.56 Å². The summed E-state index contributed by atoms with van der Waals surface area (Å²) >= 11 is 13.1. The van der Waals surface area contributed by atoms with Crippen molar-refractivity contribution in [2.45, 2.75) is 11.3 Å². The largest absolute Gasteiger partial charge is 0.277 e. The van der Waals surface area contributed by atoms with Gasteiger partial charge in [-0.05, 0) is 12.1 Å². The molecule has 5 nitrogen and oxygen atoms in total. The van der Waals surface area contributed by atoms with Crippen molar-refractivity contribution in [3.05, 3.63) is 33.8 Å². The maximum absolute atomic E-state index is 11.7. The molecule has 1 N–H and O–H groups in total. The number of nitrogens with zero attached hydrogens (tertiary/aromatic N) is 2. The molecule has 0 unspecified atom stereocenters. The SMILES string of the molecule is N=C1S[C@@H]2CS(=O)(=O)C[C@@H]2N1/N=C\c1ccc(Cl)cc1Cl. The molecule has 112 valence electrons. The van der Waals surface area contributed by atoms with Gasteiger partial charge in [0.1, 0.15) is 0 Å². The molecular weight excluding hydrogens is 353 g/mol. The third-order valence-electron chi connectivity index (χ3n) is 3.34. The maximum atomic E-state index is 11.7. The number of amidine groups is 1. The predicted octanol–water partition coefficient (Wildman–Crippen LogP) is 2.48. The van der Waals surface area contributed by atoms with Gasteiger partial charge < -0.3 is 0 Å². The first-order chi connectivity index (χ1) is 9.85. The van der Waals surface area contributed by atoms with Crippen LogP contribution >= 0.6 is 35.0 Å². The summed E-state index contributed by atoms with van der Waals surface area (Å²) in [4.78, 5) is 0. The molecule has 2 atom stereocenters. The van der Waals surface area contributed by atoms with E-state index in [1.54, 1.807) is 18.2 Å². The van der Waals surface area contributed by atoms with Gasteiger partial charge in [-0.15, -0.1) is 0 Å². The number of halogens is 2. The minimum atomic E-state index is -3.04. The zero-order chi connectivity index (χ0) is 15.2. The Morgan fingerprint density at radius 2 is 2.14 bits per heavy atom. The Balaban J connectivity index is 1.83. The zero-order valence-electron chi connectivity index (χ0n) is 10.7. The second kappa shape index (κ2) is 5.46. The number of hydrogen-bond acceptors (Lipinski definition) is 5. The number of benzene rings is 1. The van der Waals surface area contributed by atoms with Gasteiger partial charge in [0.2, 0.25) is 0 Å². The van der Waals surface area contributed by atoms with Crippen molar-refractivity contribution < 1.29 is 8.42 Å². The topological polar surface area (TPSA) is 73.6 Å².